The van der Waals surface area contributed by atoms with Gasteiger partial charge in [0.05, 0.1) is 0 Å². The van der Waals surface area contributed by atoms with Gasteiger partial charge >= 0.3 is 0 Å². The second-order valence-corrected chi connectivity index (χ2v) is 6.36. The number of rotatable bonds is 3. The number of piperidine rings is 1. The maximum Gasteiger partial charge on any atom is 0.225 e. The number of carbonyl (C=O) groups is 1. The van der Waals surface area contributed by atoms with Gasteiger partial charge in [-0.1, -0.05) is 18.9 Å². The summed E-state index contributed by atoms with van der Waals surface area (Å²) in [5.41, 5.74) is 0. The molecular formula is C17H25N3O. The largest absolute Gasteiger partial charge is 0.355 e. The number of aromatic nitrogens is 1. The number of anilines is 1. The minimum atomic E-state index is 0.278. The molecule has 0 spiro atoms. The average molecular weight is 287 g/mol. The molecule has 1 amide bonds. The highest BCUT2D eigenvalue weighted by Gasteiger charge is 2.31. The molecular weight excluding hydrogens is 262 g/mol. The standard InChI is InChI=1S/C17H25N3O/c1-19(17(21)14-7-2-3-8-14)15-9-6-12-20(13-15)16-10-4-5-11-18-16/h4-5,10-11,14-15H,2-3,6-9,12-13H2,1H3. The third-order valence-electron chi connectivity index (χ3n) is 4.97. The molecule has 4 nitrogen and oxygen atoms in total. The Labute approximate surface area is 127 Å². The van der Waals surface area contributed by atoms with Gasteiger partial charge in [0.2, 0.25) is 5.91 Å². The van der Waals surface area contributed by atoms with Gasteiger partial charge in [-0.15, -0.1) is 0 Å². The second kappa shape index (κ2) is 6.46. The maximum absolute atomic E-state index is 12.6. The van der Waals surface area contributed by atoms with Crippen LogP contribution in [0, 0.1) is 5.92 Å². The molecule has 1 unspecified atom stereocenters. The zero-order chi connectivity index (χ0) is 14.7. The molecule has 1 aliphatic carbocycles. The number of nitrogens with zero attached hydrogens (tertiary/aromatic N) is 3. The van der Waals surface area contributed by atoms with Crippen LogP contribution in [-0.2, 0) is 4.79 Å². The molecule has 1 saturated carbocycles. The quantitative estimate of drug-likeness (QED) is 0.857. The fourth-order valence-electron chi connectivity index (χ4n) is 3.66. The van der Waals surface area contributed by atoms with Crippen molar-refractivity contribution < 1.29 is 4.79 Å². The topological polar surface area (TPSA) is 36.4 Å². The smallest absolute Gasteiger partial charge is 0.225 e. The summed E-state index contributed by atoms with van der Waals surface area (Å²) < 4.78 is 0. The third kappa shape index (κ3) is 3.20. The Balaban J connectivity index is 1.64. The van der Waals surface area contributed by atoms with Gasteiger partial charge in [0.1, 0.15) is 5.82 Å². The predicted octanol–water partition coefficient (Wildman–Crippen LogP) is 2.70. The number of amides is 1. The SMILES string of the molecule is CN(C(=O)C1CCCC1)C1CCCN(c2ccccn2)C1. The lowest BCUT2D eigenvalue weighted by Gasteiger charge is -2.39. The van der Waals surface area contributed by atoms with Crippen molar-refractivity contribution in [3.8, 4) is 0 Å². The van der Waals surface area contributed by atoms with E-state index in [-0.39, 0.29) is 5.92 Å². The summed E-state index contributed by atoms with van der Waals surface area (Å²) in [5, 5.41) is 0. The highest BCUT2D eigenvalue weighted by molar-refractivity contribution is 5.79. The Bertz CT molecular complexity index is 470. The van der Waals surface area contributed by atoms with E-state index in [9.17, 15) is 4.79 Å². The maximum atomic E-state index is 12.6. The third-order valence-corrected chi connectivity index (χ3v) is 4.97. The zero-order valence-corrected chi connectivity index (χ0v) is 12.9. The van der Waals surface area contributed by atoms with Crippen LogP contribution < -0.4 is 4.90 Å². The van der Waals surface area contributed by atoms with E-state index in [4.69, 9.17) is 0 Å². The summed E-state index contributed by atoms with van der Waals surface area (Å²) in [6.07, 6.45) is 8.68. The van der Waals surface area contributed by atoms with Crippen LogP contribution in [0.1, 0.15) is 38.5 Å². The van der Waals surface area contributed by atoms with Gasteiger partial charge in [0.15, 0.2) is 0 Å². The van der Waals surface area contributed by atoms with Crippen LogP contribution in [-0.4, -0.2) is 42.0 Å². The van der Waals surface area contributed by atoms with E-state index in [0.717, 1.165) is 44.6 Å². The lowest BCUT2D eigenvalue weighted by Crippen LogP contribution is -2.50. The molecule has 0 radical (unpaired) electrons. The molecule has 3 rings (SSSR count). The van der Waals surface area contributed by atoms with Crippen LogP contribution in [0.5, 0.6) is 0 Å². The van der Waals surface area contributed by atoms with E-state index in [1.165, 1.54) is 12.8 Å². The molecule has 0 bridgehead atoms. The summed E-state index contributed by atoms with van der Waals surface area (Å²) >= 11 is 0. The van der Waals surface area contributed by atoms with Crippen molar-refractivity contribution in [2.24, 2.45) is 5.92 Å². The Morgan fingerprint density at radius 3 is 2.76 bits per heavy atom. The van der Waals surface area contributed by atoms with Crippen LogP contribution >= 0.6 is 0 Å². The van der Waals surface area contributed by atoms with Gasteiger partial charge in [0, 0.05) is 38.3 Å². The van der Waals surface area contributed by atoms with Crippen LogP contribution in [0.15, 0.2) is 24.4 Å². The molecule has 114 valence electrons. The number of pyridine rings is 1. The highest BCUT2D eigenvalue weighted by atomic mass is 16.2. The van der Waals surface area contributed by atoms with Crippen molar-refractivity contribution in [3.63, 3.8) is 0 Å². The first-order valence-electron chi connectivity index (χ1n) is 8.18. The molecule has 1 aliphatic heterocycles. The van der Waals surface area contributed by atoms with Crippen molar-refractivity contribution >= 4 is 11.7 Å². The fourth-order valence-corrected chi connectivity index (χ4v) is 3.66. The molecule has 4 heteroatoms. The van der Waals surface area contributed by atoms with E-state index in [2.05, 4.69) is 16.0 Å². The molecule has 2 fully saturated rings. The summed E-state index contributed by atoms with van der Waals surface area (Å²) in [4.78, 5) is 21.4. The van der Waals surface area contributed by atoms with Gasteiger partial charge in [-0.05, 0) is 37.8 Å². The monoisotopic (exact) mass is 287 g/mol. The molecule has 2 heterocycles. The molecule has 1 saturated heterocycles. The molecule has 0 aromatic carbocycles. The van der Waals surface area contributed by atoms with Crippen LogP contribution in [0.4, 0.5) is 5.82 Å². The zero-order valence-electron chi connectivity index (χ0n) is 12.9. The van der Waals surface area contributed by atoms with Gasteiger partial charge < -0.3 is 9.80 Å². The average Bonchev–Trinajstić information content (AvgIpc) is 3.09. The van der Waals surface area contributed by atoms with E-state index >= 15 is 0 Å². The van der Waals surface area contributed by atoms with Crippen molar-refractivity contribution in [2.45, 2.75) is 44.6 Å². The predicted molar refractivity (Wildman–Crippen MR) is 84.2 cm³/mol. The Morgan fingerprint density at radius 2 is 2.05 bits per heavy atom. The first-order chi connectivity index (χ1) is 10.3. The van der Waals surface area contributed by atoms with E-state index < -0.39 is 0 Å². The minimum Gasteiger partial charge on any atom is -0.355 e. The van der Waals surface area contributed by atoms with Crippen molar-refractivity contribution in [2.75, 3.05) is 25.0 Å². The number of hydrogen-bond acceptors (Lipinski definition) is 3. The molecule has 1 aromatic rings. The van der Waals surface area contributed by atoms with E-state index in [0.29, 0.717) is 11.9 Å². The Hall–Kier alpha value is -1.58. The minimum absolute atomic E-state index is 0.278. The molecule has 2 aliphatic rings. The molecule has 1 aromatic heterocycles. The highest BCUT2D eigenvalue weighted by Crippen LogP contribution is 2.28. The number of likely N-dealkylation sites (N-methyl/N-ethyl adjacent to an activating group) is 1. The fraction of sp³-hybridized carbons (Fsp3) is 0.647. The first kappa shape index (κ1) is 14.4. The van der Waals surface area contributed by atoms with Crippen LogP contribution in [0.3, 0.4) is 0 Å². The number of carbonyl (C=O) groups excluding carboxylic acids is 1. The van der Waals surface area contributed by atoms with Gasteiger partial charge in [-0.25, -0.2) is 4.98 Å². The summed E-state index contributed by atoms with van der Waals surface area (Å²) in [6.45, 7) is 1.95. The lowest BCUT2D eigenvalue weighted by atomic mass is 10.0. The van der Waals surface area contributed by atoms with Gasteiger partial charge in [-0.3, -0.25) is 4.79 Å². The van der Waals surface area contributed by atoms with Crippen molar-refractivity contribution in [1.29, 1.82) is 0 Å². The Morgan fingerprint density at radius 1 is 1.24 bits per heavy atom. The second-order valence-electron chi connectivity index (χ2n) is 6.36. The van der Waals surface area contributed by atoms with Gasteiger partial charge in [0.25, 0.3) is 0 Å². The molecule has 0 N–H and O–H groups in total. The lowest BCUT2D eigenvalue weighted by molar-refractivity contribution is -0.136. The van der Waals surface area contributed by atoms with Crippen LogP contribution in [0.2, 0.25) is 0 Å². The summed E-state index contributed by atoms with van der Waals surface area (Å²) in [5.74, 6) is 1.67. The summed E-state index contributed by atoms with van der Waals surface area (Å²) in [6, 6.07) is 6.36. The Kier molecular flexibility index (Phi) is 4.42. The van der Waals surface area contributed by atoms with Crippen molar-refractivity contribution in [3.05, 3.63) is 24.4 Å². The normalized spacial score (nSPS) is 23.3. The van der Waals surface area contributed by atoms with E-state index in [1.54, 1.807) is 0 Å². The van der Waals surface area contributed by atoms with Crippen LogP contribution in [0.25, 0.3) is 0 Å². The molecule has 1 atom stereocenters. The van der Waals surface area contributed by atoms with Gasteiger partial charge in [-0.2, -0.15) is 0 Å². The summed E-state index contributed by atoms with van der Waals surface area (Å²) in [7, 11) is 1.99. The first-order valence-corrected chi connectivity index (χ1v) is 8.18. The number of hydrogen-bond donors (Lipinski definition) is 0. The van der Waals surface area contributed by atoms with Crippen molar-refractivity contribution in [1.82, 2.24) is 9.88 Å². The molecule has 21 heavy (non-hydrogen) atoms. The van der Waals surface area contributed by atoms with E-state index in [1.807, 2.05) is 30.3 Å².